The molecular weight excluding hydrogens is 500 g/mol. The Morgan fingerprint density at radius 2 is 1.57 bits per heavy atom. The van der Waals surface area contributed by atoms with E-state index in [1.54, 1.807) is 0 Å². The molecule has 0 aliphatic carbocycles. The predicted molar refractivity (Wildman–Crippen MR) is 120 cm³/mol. The lowest BCUT2D eigenvalue weighted by Gasteiger charge is -2.39. The predicted octanol–water partition coefficient (Wildman–Crippen LogP) is -0.263. The number of phenols is 5. The first kappa shape index (κ1) is 25.8. The summed E-state index contributed by atoms with van der Waals surface area (Å²) in [7, 11) is 0. The Morgan fingerprint density at radius 1 is 0.919 bits per heavy atom. The zero-order valence-corrected chi connectivity index (χ0v) is 18.9. The standard InChI is InChI=1S/C23H22O14/c1-7(24)34-6-14-17(30)19(32)20(33)23(36-14)37-22-18(31)15-10(26)4-9(25)5-13(15)35-21(22)8-2-11(27)16(29)12(28)3-8/h2-5,14,17,19-20,23,25-30,32-33H,6H2,1H3/t14-,17+,19+,20-,23+/m1/s1. The monoisotopic (exact) mass is 522 g/mol. The maximum absolute atomic E-state index is 13.4. The van der Waals surface area contributed by atoms with Crippen molar-refractivity contribution in [1.29, 1.82) is 0 Å². The molecule has 1 aliphatic heterocycles. The summed E-state index contributed by atoms with van der Waals surface area (Å²) in [5.41, 5.74) is -1.63. The van der Waals surface area contributed by atoms with Gasteiger partial charge in [0.05, 0.1) is 0 Å². The Balaban J connectivity index is 1.87. The van der Waals surface area contributed by atoms with Crippen LogP contribution in [0, 0.1) is 0 Å². The minimum Gasteiger partial charge on any atom is -0.508 e. The van der Waals surface area contributed by atoms with Crippen LogP contribution in [0.4, 0.5) is 0 Å². The van der Waals surface area contributed by atoms with Crippen LogP contribution in [-0.4, -0.2) is 84.1 Å². The molecular formula is C23H22O14. The Bertz CT molecular complexity index is 1390. The van der Waals surface area contributed by atoms with Crippen LogP contribution in [0.15, 0.2) is 33.5 Å². The van der Waals surface area contributed by atoms with Crippen molar-refractivity contribution < 1.29 is 64.3 Å². The molecule has 0 bridgehead atoms. The largest absolute Gasteiger partial charge is 0.508 e. The summed E-state index contributed by atoms with van der Waals surface area (Å²) in [6.45, 7) is 0.548. The van der Waals surface area contributed by atoms with Crippen LogP contribution in [0.2, 0.25) is 0 Å². The third-order valence-electron chi connectivity index (χ3n) is 5.60. The number of aromatic hydroxyl groups is 5. The number of esters is 1. The van der Waals surface area contributed by atoms with Gasteiger partial charge < -0.3 is 59.5 Å². The van der Waals surface area contributed by atoms with Crippen LogP contribution >= 0.6 is 0 Å². The van der Waals surface area contributed by atoms with Crippen LogP contribution in [0.5, 0.6) is 34.5 Å². The fraction of sp³-hybridized carbons (Fsp3) is 0.304. The lowest BCUT2D eigenvalue weighted by molar-refractivity contribution is -0.278. The van der Waals surface area contributed by atoms with E-state index in [2.05, 4.69) is 0 Å². The number of phenolic OH excluding ortho intramolecular Hbond substituents is 5. The minimum absolute atomic E-state index is 0.230. The van der Waals surface area contributed by atoms with Crippen molar-refractivity contribution in [2.75, 3.05) is 6.61 Å². The van der Waals surface area contributed by atoms with E-state index in [4.69, 9.17) is 18.6 Å². The molecule has 3 aromatic rings. The van der Waals surface area contributed by atoms with E-state index in [1.807, 2.05) is 0 Å². The normalized spacial score (nSPS) is 23.6. The molecule has 198 valence electrons. The van der Waals surface area contributed by atoms with Crippen molar-refractivity contribution in [1.82, 2.24) is 0 Å². The number of aliphatic hydroxyl groups excluding tert-OH is 3. The number of rotatable bonds is 5. The first-order chi connectivity index (χ1) is 17.4. The summed E-state index contributed by atoms with van der Waals surface area (Å²) in [5.74, 6) is -5.66. The molecule has 0 amide bonds. The highest BCUT2D eigenvalue weighted by atomic mass is 16.7. The van der Waals surface area contributed by atoms with E-state index in [9.17, 15) is 50.4 Å². The molecule has 0 radical (unpaired) electrons. The van der Waals surface area contributed by atoms with Crippen molar-refractivity contribution in [3.8, 4) is 45.8 Å². The summed E-state index contributed by atoms with van der Waals surface area (Å²) in [4.78, 5) is 24.6. The number of benzene rings is 2. The molecule has 14 heteroatoms. The van der Waals surface area contributed by atoms with Crippen LogP contribution in [-0.2, 0) is 14.3 Å². The van der Waals surface area contributed by atoms with E-state index >= 15 is 0 Å². The highest BCUT2D eigenvalue weighted by Gasteiger charge is 2.46. The van der Waals surface area contributed by atoms with Gasteiger partial charge in [-0.3, -0.25) is 9.59 Å². The SMILES string of the molecule is CC(=O)OC[C@H]1O[C@@H](Oc2c(-c3cc(O)c(O)c(O)c3)oc3cc(O)cc(O)c3c2=O)[C@H](O)[C@@H](O)[C@H]1O. The second kappa shape index (κ2) is 9.67. The quantitative estimate of drug-likeness (QED) is 0.159. The topological polar surface area (TPSA) is 237 Å². The fourth-order valence-electron chi connectivity index (χ4n) is 3.77. The van der Waals surface area contributed by atoms with Crippen LogP contribution in [0.1, 0.15) is 6.92 Å². The third kappa shape index (κ3) is 4.77. The number of fused-ring (bicyclic) bond motifs is 1. The van der Waals surface area contributed by atoms with Gasteiger partial charge in [-0.1, -0.05) is 0 Å². The van der Waals surface area contributed by atoms with E-state index in [1.165, 1.54) is 0 Å². The molecule has 8 N–H and O–H groups in total. The number of ether oxygens (including phenoxy) is 3. The van der Waals surface area contributed by atoms with Gasteiger partial charge in [0.25, 0.3) is 0 Å². The van der Waals surface area contributed by atoms with Crippen LogP contribution in [0.25, 0.3) is 22.3 Å². The average Bonchev–Trinajstić information content (AvgIpc) is 2.82. The van der Waals surface area contributed by atoms with E-state index in [0.29, 0.717) is 0 Å². The van der Waals surface area contributed by atoms with Crippen molar-refractivity contribution in [2.24, 2.45) is 0 Å². The summed E-state index contributed by atoms with van der Waals surface area (Å²) < 4.78 is 21.4. The Labute approximate surface area is 206 Å². The second-order valence-corrected chi connectivity index (χ2v) is 8.23. The lowest BCUT2D eigenvalue weighted by Crippen LogP contribution is -2.60. The molecule has 1 fully saturated rings. The van der Waals surface area contributed by atoms with Gasteiger partial charge in [0.1, 0.15) is 53.5 Å². The van der Waals surface area contributed by atoms with E-state index in [-0.39, 0.29) is 11.1 Å². The number of carbonyl (C=O) groups is 1. The molecule has 14 nitrogen and oxygen atoms in total. The molecule has 0 saturated carbocycles. The van der Waals surface area contributed by atoms with Gasteiger partial charge in [-0.25, -0.2) is 0 Å². The highest BCUT2D eigenvalue weighted by molar-refractivity contribution is 5.88. The summed E-state index contributed by atoms with van der Waals surface area (Å²) in [5, 5.41) is 80.1. The van der Waals surface area contributed by atoms with Gasteiger partial charge in [0.2, 0.25) is 17.5 Å². The molecule has 4 rings (SSSR count). The van der Waals surface area contributed by atoms with Gasteiger partial charge >= 0.3 is 5.97 Å². The van der Waals surface area contributed by atoms with Gasteiger partial charge in [-0.2, -0.15) is 0 Å². The molecule has 37 heavy (non-hydrogen) atoms. The fourth-order valence-corrected chi connectivity index (χ4v) is 3.77. The van der Waals surface area contributed by atoms with E-state index in [0.717, 1.165) is 31.2 Å². The number of hydrogen-bond acceptors (Lipinski definition) is 14. The Kier molecular flexibility index (Phi) is 6.75. The third-order valence-corrected chi connectivity index (χ3v) is 5.60. The molecule has 0 unspecified atom stereocenters. The van der Waals surface area contributed by atoms with Gasteiger partial charge in [0.15, 0.2) is 23.0 Å². The molecule has 0 spiro atoms. The van der Waals surface area contributed by atoms with Crippen LogP contribution < -0.4 is 10.2 Å². The van der Waals surface area contributed by atoms with Gasteiger partial charge in [0, 0.05) is 24.6 Å². The van der Waals surface area contributed by atoms with Crippen LogP contribution in [0.3, 0.4) is 0 Å². The maximum atomic E-state index is 13.4. The summed E-state index contributed by atoms with van der Waals surface area (Å²) >= 11 is 0. The lowest BCUT2D eigenvalue weighted by atomic mass is 9.99. The molecule has 1 saturated heterocycles. The summed E-state index contributed by atoms with van der Waals surface area (Å²) in [6.07, 6.45) is -8.78. The number of hydrogen-bond donors (Lipinski definition) is 8. The zero-order valence-electron chi connectivity index (χ0n) is 18.9. The zero-order chi connectivity index (χ0) is 27.2. The Hall–Kier alpha value is -4.24. The first-order valence-corrected chi connectivity index (χ1v) is 10.7. The first-order valence-electron chi connectivity index (χ1n) is 10.7. The average molecular weight is 522 g/mol. The van der Waals surface area contributed by atoms with Crippen molar-refractivity contribution in [3.05, 3.63) is 34.5 Å². The molecule has 5 atom stereocenters. The highest BCUT2D eigenvalue weighted by Crippen LogP contribution is 2.43. The van der Waals surface area contributed by atoms with Crippen molar-refractivity contribution in [2.45, 2.75) is 37.6 Å². The second-order valence-electron chi connectivity index (χ2n) is 8.23. The number of carbonyl (C=O) groups excluding carboxylic acids is 1. The molecule has 2 heterocycles. The number of aliphatic hydroxyl groups is 3. The van der Waals surface area contributed by atoms with E-state index < -0.39 is 94.4 Å². The smallest absolute Gasteiger partial charge is 0.302 e. The van der Waals surface area contributed by atoms with Crippen molar-refractivity contribution in [3.63, 3.8) is 0 Å². The Morgan fingerprint density at radius 3 is 2.19 bits per heavy atom. The molecule has 1 aromatic heterocycles. The minimum atomic E-state index is -1.94. The summed E-state index contributed by atoms with van der Waals surface area (Å²) in [6, 6.07) is 3.64. The van der Waals surface area contributed by atoms with Crippen molar-refractivity contribution >= 4 is 16.9 Å². The molecule has 1 aliphatic rings. The molecule has 2 aromatic carbocycles. The van der Waals surface area contributed by atoms with Gasteiger partial charge in [-0.15, -0.1) is 0 Å². The van der Waals surface area contributed by atoms with Gasteiger partial charge in [-0.05, 0) is 12.1 Å². The maximum Gasteiger partial charge on any atom is 0.302 e.